The van der Waals surface area contributed by atoms with E-state index in [4.69, 9.17) is 0 Å². The number of azo groups is 1. The van der Waals surface area contributed by atoms with Crippen LogP contribution in [0.1, 0.15) is 36.8 Å². The number of nitrogens with zero attached hydrogens (tertiary/aromatic N) is 3. The number of carbonyl (C=O) groups excluding carboxylic acids is 2. The first-order valence-electron chi connectivity index (χ1n) is 9.64. The van der Waals surface area contributed by atoms with Crippen LogP contribution in [0.3, 0.4) is 0 Å². The summed E-state index contributed by atoms with van der Waals surface area (Å²) >= 11 is 0. The van der Waals surface area contributed by atoms with Crippen molar-refractivity contribution in [1.82, 2.24) is 4.98 Å². The van der Waals surface area contributed by atoms with Gasteiger partial charge in [0.15, 0.2) is 0 Å². The first-order valence-corrected chi connectivity index (χ1v) is 9.64. The van der Waals surface area contributed by atoms with Crippen molar-refractivity contribution in [3.63, 3.8) is 0 Å². The Hall–Kier alpha value is -3.15. The van der Waals surface area contributed by atoms with E-state index in [1.54, 1.807) is 12.4 Å². The molecule has 1 aliphatic carbocycles. The first kappa shape index (κ1) is 18.2. The Balaban J connectivity index is 1.44. The number of hydrogen-bond acceptors (Lipinski definition) is 4. The molecule has 2 heterocycles. The molecule has 1 aliphatic heterocycles. The second kappa shape index (κ2) is 8.25. The zero-order valence-corrected chi connectivity index (χ0v) is 15.6. The number of pyridine rings is 1. The van der Waals surface area contributed by atoms with Gasteiger partial charge in [-0.3, -0.25) is 14.6 Å². The van der Waals surface area contributed by atoms with Gasteiger partial charge >= 0.3 is 0 Å². The van der Waals surface area contributed by atoms with E-state index in [2.05, 4.69) is 20.5 Å². The summed E-state index contributed by atoms with van der Waals surface area (Å²) in [5, 5.41) is 11.1. The van der Waals surface area contributed by atoms with Gasteiger partial charge in [0.1, 0.15) is 0 Å². The van der Waals surface area contributed by atoms with E-state index < -0.39 is 0 Å². The molecule has 1 aromatic carbocycles. The van der Waals surface area contributed by atoms with Gasteiger partial charge in [0, 0.05) is 30.1 Å². The molecule has 6 heteroatoms. The molecule has 0 radical (unpaired) electrons. The van der Waals surface area contributed by atoms with Crippen molar-refractivity contribution >= 4 is 17.5 Å². The van der Waals surface area contributed by atoms with Gasteiger partial charge in [-0.25, -0.2) is 0 Å². The van der Waals surface area contributed by atoms with Crippen molar-refractivity contribution in [1.29, 1.82) is 0 Å². The number of carbonyl (C=O) groups is 2. The molecule has 0 fully saturated rings. The number of benzene rings is 1. The summed E-state index contributed by atoms with van der Waals surface area (Å²) in [4.78, 5) is 28.3. The molecule has 4 rings (SSSR count). The lowest BCUT2D eigenvalue weighted by molar-refractivity contribution is -0.116. The highest BCUT2D eigenvalue weighted by Crippen LogP contribution is 2.33. The van der Waals surface area contributed by atoms with Crippen LogP contribution in [-0.4, -0.2) is 22.8 Å². The Morgan fingerprint density at radius 1 is 1.11 bits per heavy atom. The lowest BCUT2D eigenvalue weighted by Crippen LogP contribution is -2.23. The second-order valence-corrected chi connectivity index (χ2v) is 7.24. The molecule has 2 aliphatic rings. The Labute approximate surface area is 163 Å². The van der Waals surface area contributed by atoms with Crippen LogP contribution in [0.25, 0.3) is 0 Å². The topological polar surface area (TPSA) is 83.8 Å². The summed E-state index contributed by atoms with van der Waals surface area (Å²) in [6.45, 7) is 0. The lowest BCUT2D eigenvalue weighted by atomic mass is 9.84. The van der Waals surface area contributed by atoms with Crippen LogP contribution >= 0.6 is 0 Å². The number of aromatic nitrogens is 1. The van der Waals surface area contributed by atoms with E-state index >= 15 is 0 Å². The summed E-state index contributed by atoms with van der Waals surface area (Å²) in [6, 6.07) is 11.4. The van der Waals surface area contributed by atoms with Crippen LogP contribution in [-0.2, 0) is 22.4 Å². The van der Waals surface area contributed by atoms with Crippen molar-refractivity contribution in [3.05, 3.63) is 71.1 Å². The van der Waals surface area contributed by atoms with Crippen LogP contribution in [0.4, 0.5) is 5.69 Å². The predicted molar refractivity (Wildman–Crippen MR) is 106 cm³/mol. The Kier molecular flexibility index (Phi) is 5.37. The van der Waals surface area contributed by atoms with Gasteiger partial charge < -0.3 is 5.32 Å². The molecular formula is C22H22N4O2. The van der Waals surface area contributed by atoms with Gasteiger partial charge in [0.05, 0.1) is 12.5 Å². The molecule has 2 aromatic rings. The molecule has 28 heavy (non-hydrogen) atoms. The Bertz CT molecular complexity index is 950. The molecule has 0 saturated heterocycles. The molecule has 0 bridgehead atoms. The molecular weight excluding hydrogens is 352 g/mol. The third-order valence-electron chi connectivity index (χ3n) is 5.19. The summed E-state index contributed by atoms with van der Waals surface area (Å²) in [5.41, 5.74) is 4.72. The molecule has 0 saturated carbocycles. The quantitative estimate of drug-likeness (QED) is 0.857. The van der Waals surface area contributed by atoms with Crippen LogP contribution in [0.5, 0.6) is 0 Å². The molecule has 1 aromatic heterocycles. The number of amides is 2. The predicted octanol–water partition coefficient (Wildman–Crippen LogP) is 4.04. The van der Waals surface area contributed by atoms with Crippen LogP contribution in [0, 0.1) is 0 Å². The third kappa shape index (κ3) is 4.22. The largest absolute Gasteiger partial charge is 0.326 e. The number of rotatable bonds is 5. The van der Waals surface area contributed by atoms with E-state index in [-0.39, 0.29) is 24.3 Å². The molecule has 1 N–H and O–H groups in total. The maximum atomic E-state index is 12.3. The molecule has 1 atom stereocenters. The van der Waals surface area contributed by atoms with Crippen molar-refractivity contribution in [2.75, 3.05) is 5.32 Å². The monoisotopic (exact) mass is 374 g/mol. The zero-order valence-electron chi connectivity index (χ0n) is 15.6. The van der Waals surface area contributed by atoms with Gasteiger partial charge in [-0.2, -0.15) is 5.11 Å². The van der Waals surface area contributed by atoms with Gasteiger partial charge in [-0.1, -0.05) is 18.2 Å². The fourth-order valence-electron chi connectivity index (χ4n) is 3.85. The van der Waals surface area contributed by atoms with Crippen molar-refractivity contribution in [2.24, 2.45) is 10.2 Å². The smallest absolute Gasteiger partial charge is 0.291 e. The van der Waals surface area contributed by atoms with E-state index in [0.717, 1.165) is 53.6 Å². The molecule has 0 spiro atoms. The molecule has 6 nitrogen and oxygen atoms in total. The average molecular weight is 374 g/mol. The van der Waals surface area contributed by atoms with E-state index in [9.17, 15) is 9.59 Å². The number of hydrogen-bond donors (Lipinski definition) is 1. The van der Waals surface area contributed by atoms with E-state index in [0.29, 0.717) is 6.42 Å². The summed E-state index contributed by atoms with van der Waals surface area (Å²) in [5.74, 6) is -0.243. The number of anilines is 1. The first-order chi connectivity index (χ1) is 13.7. The zero-order chi connectivity index (χ0) is 19.3. The highest BCUT2D eigenvalue weighted by Gasteiger charge is 2.28. The summed E-state index contributed by atoms with van der Waals surface area (Å²) in [7, 11) is 0. The molecule has 1 unspecified atom stereocenters. The number of nitrogens with one attached hydrogen (secondary N) is 1. The minimum atomic E-state index is -0.164. The minimum absolute atomic E-state index is 0.0747. The maximum Gasteiger partial charge on any atom is 0.291 e. The maximum absolute atomic E-state index is 12.3. The fourth-order valence-corrected chi connectivity index (χ4v) is 3.85. The summed E-state index contributed by atoms with van der Waals surface area (Å²) < 4.78 is 0. The average Bonchev–Trinajstić information content (AvgIpc) is 2.71. The Morgan fingerprint density at radius 3 is 2.82 bits per heavy atom. The molecule has 142 valence electrons. The van der Waals surface area contributed by atoms with Gasteiger partial charge in [-0.05, 0) is 60.6 Å². The second-order valence-electron chi connectivity index (χ2n) is 7.24. The van der Waals surface area contributed by atoms with Crippen LogP contribution < -0.4 is 5.32 Å². The highest BCUT2D eigenvalue weighted by molar-refractivity contribution is 5.95. The van der Waals surface area contributed by atoms with Crippen molar-refractivity contribution < 1.29 is 9.59 Å². The van der Waals surface area contributed by atoms with Crippen LogP contribution in [0.2, 0.25) is 0 Å². The molecule has 2 amide bonds. The Morgan fingerprint density at radius 2 is 1.96 bits per heavy atom. The van der Waals surface area contributed by atoms with E-state index in [1.165, 1.54) is 0 Å². The summed E-state index contributed by atoms with van der Waals surface area (Å²) in [6.07, 6.45) is 8.23. The van der Waals surface area contributed by atoms with E-state index in [1.807, 2.05) is 36.4 Å². The van der Waals surface area contributed by atoms with Crippen molar-refractivity contribution in [3.8, 4) is 0 Å². The van der Waals surface area contributed by atoms with Crippen LogP contribution in [0.15, 0.2) is 70.2 Å². The minimum Gasteiger partial charge on any atom is -0.326 e. The normalized spacial score (nSPS) is 18.7. The lowest BCUT2D eigenvalue weighted by Gasteiger charge is -2.25. The van der Waals surface area contributed by atoms with Gasteiger partial charge in [0.25, 0.3) is 5.91 Å². The standard InChI is InChI=1S/C22H22N4O2/c27-21(13-16-6-4-10-23-14-16)24-17-7-3-5-15(11-17)12-20-18-8-1-2-9-19(18)22(28)26-25-20/h3-7,10-11,14,20H,1-2,8-9,12-13H2,(H,24,27). The fraction of sp³-hybridized carbons (Fsp3) is 0.318. The highest BCUT2D eigenvalue weighted by atomic mass is 16.2. The third-order valence-corrected chi connectivity index (χ3v) is 5.19. The SMILES string of the molecule is O=C(Cc1cccnc1)Nc1cccc(CC2N=NC(=O)C3=C2CCCC3)c1. The van der Waals surface area contributed by atoms with Gasteiger partial charge in [0.2, 0.25) is 5.91 Å². The van der Waals surface area contributed by atoms with Crippen molar-refractivity contribution in [2.45, 2.75) is 44.6 Å². The van der Waals surface area contributed by atoms with Gasteiger partial charge in [-0.15, -0.1) is 5.11 Å².